The van der Waals surface area contributed by atoms with E-state index in [0.717, 1.165) is 16.0 Å². The second-order valence-corrected chi connectivity index (χ2v) is 6.75. The van der Waals surface area contributed by atoms with Gasteiger partial charge in [0.15, 0.2) is 0 Å². The van der Waals surface area contributed by atoms with E-state index in [1.165, 1.54) is 16.0 Å². The van der Waals surface area contributed by atoms with Crippen molar-refractivity contribution in [3.8, 4) is 10.6 Å². The van der Waals surface area contributed by atoms with Gasteiger partial charge in [-0.2, -0.15) is 0 Å². The van der Waals surface area contributed by atoms with Crippen molar-refractivity contribution in [3.05, 3.63) is 40.2 Å². The van der Waals surface area contributed by atoms with Crippen LogP contribution >= 0.6 is 22.7 Å². The number of aromatic carboxylic acids is 1. The van der Waals surface area contributed by atoms with Crippen molar-refractivity contribution in [2.45, 2.75) is 19.8 Å². The number of benzene rings is 1. The van der Waals surface area contributed by atoms with Crippen LogP contribution in [0, 0.1) is 0 Å². The fraction of sp³-hybridized carbons (Fsp3) is 0.200. The number of hydrogen-bond donors (Lipinski definition) is 1. The topological polar surface area (TPSA) is 50.2 Å². The highest BCUT2D eigenvalue weighted by molar-refractivity contribution is 7.20. The molecule has 5 heteroatoms. The minimum Gasteiger partial charge on any atom is -0.477 e. The van der Waals surface area contributed by atoms with Gasteiger partial charge in [0.25, 0.3) is 0 Å². The number of carboxylic acid groups (broad SMARTS) is 1. The molecule has 0 spiro atoms. The molecule has 20 heavy (non-hydrogen) atoms. The predicted octanol–water partition coefficient (Wildman–Crippen LogP) is 4.85. The maximum atomic E-state index is 11.3. The van der Waals surface area contributed by atoms with Crippen LogP contribution in [-0.2, 0) is 0 Å². The summed E-state index contributed by atoms with van der Waals surface area (Å²) in [6.07, 6.45) is 0. The first-order valence-corrected chi connectivity index (χ1v) is 7.98. The van der Waals surface area contributed by atoms with Gasteiger partial charge < -0.3 is 5.11 Å². The molecule has 0 fully saturated rings. The molecule has 3 rings (SSSR count). The van der Waals surface area contributed by atoms with E-state index in [4.69, 9.17) is 0 Å². The van der Waals surface area contributed by atoms with E-state index in [1.54, 1.807) is 11.3 Å². The van der Waals surface area contributed by atoms with Crippen LogP contribution in [-0.4, -0.2) is 16.1 Å². The number of carboxylic acids is 1. The third-order valence-electron chi connectivity index (χ3n) is 3.11. The third-order valence-corrected chi connectivity index (χ3v) is 5.16. The molecule has 2 heterocycles. The number of fused-ring (bicyclic) bond motifs is 1. The van der Waals surface area contributed by atoms with E-state index in [-0.39, 0.29) is 5.92 Å². The SMILES string of the molecule is CC(C)c1nc(-c2csc3ccccc23)sc1C(=O)O. The van der Waals surface area contributed by atoms with Crippen molar-refractivity contribution in [1.82, 2.24) is 4.98 Å². The Hall–Kier alpha value is -1.72. The Morgan fingerprint density at radius 3 is 2.70 bits per heavy atom. The Bertz CT molecular complexity index is 786. The van der Waals surface area contributed by atoms with Crippen LogP contribution in [0.5, 0.6) is 0 Å². The quantitative estimate of drug-likeness (QED) is 0.752. The highest BCUT2D eigenvalue weighted by Crippen LogP contribution is 2.38. The smallest absolute Gasteiger partial charge is 0.347 e. The average molecular weight is 303 g/mol. The Kier molecular flexibility index (Phi) is 3.31. The van der Waals surface area contributed by atoms with E-state index >= 15 is 0 Å². The Labute approximate surface area is 124 Å². The number of rotatable bonds is 3. The van der Waals surface area contributed by atoms with Gasteiger partial charge in [-0.1, -0.05) is 32.0 Å². The molecule has 0 aliphatic rings. The third kappa shape index (κ3) is 2.13. The minimum absolute atomic E-state index is 0.107. The predicted molar refractivity (Wildman–Crippen MR) is 84.0 cm³/mol. The van der Waals surface area contributed by atoms with Gasteiger partial charge in [-0.05, 0) is 12.0 Å². The largest absolute Gasteiger partial charge is 0.477 e. The monoisotopic (exact) mass is 303 g/mol. The number of aromatic nitrogens is 1. The van der Waals surface area contributed by atoms with E-state index < -0.39 is 5.97 Å². The van der Waals surface area contributed by atoms with Crippen LogP contribution in [0.15, 0.2) is 29.6 Å². The number of carbonyl (C=O) groups is 1. The van der Waals surface area contributed by atoms with Gasteiger partial charge in [0, 0.05) is 21.0 Å². The molecule has 3 nitrogen and oxygen atoms in total. The van der Waals surface area contributed by atoms with Gasteiger partial charge in [-0.3, -0.25) is 0 Å². The molecule has 0 unspecified atom stereocenters. The molecule has 1 N–H and O–H groups in total. The molecular formula is C15H13NO2S2. The molecule has 102 valence electrons. The normalized spacial score (nSPS) is 11.3. The molecule has 1 aromatic carbocycles. The molecule has 0 saturated carbocycles. The first kappa shape index (κ1) is 13.3. The number of nitrogens with zero attached hydrogens (tertiary/aromatic N) is 1. The first-order chi connectivity index (χ1) is 9.58. The standard InChI is InChI=1S/C15H13NO2S2/c1-8(2)12-13(15(17)18)20-14(16-12)10-7-19-11-6-4-3-5-9(10)11/h3-8H,1-2H3,(H,17,18). The fourth-order valence-electron chi connectivity index (χ4n) is 2.14. The number of thiophene rings is 1. The van der Waals surface area contributed by atoms with Crippen LogP contribution < -0.4 is 0 Å². The van der Waals surface area contributed by atoms with E-state index in [1.807, 2.05) is 26.0 Å². The molecule has 0 radical (unpaired) electrons. The summed E-state index contributed by atoms with van der Waals surface area (Å²) in [6.45, 7) is 3.94. The van der Waals surface area contributed by atoms with Crippen LogP contribution in [0.2, 0.25) is 0 Å². The highest BCUT2D eigenvalue weighted by Gasteiger charge is 2.21. The van der Waals surface area contributed by atoms with E-state index in [0.29, 0.717) is 10.6 Å². The van der Waals surface area contributed by atoms with Gasteiger partial charge in [-0.25, -0.2) is 9.78 Å². The highest BCUT2D eigenvalue weighted by atomic mass is 32.1. The lowest BCUT2D eigenvalue weighted by atomic mass is 10.1. The molecule has 0 aliphatic heterocycles. The Balaban J connectivity index is 2.20. The summed E-state index contributed by atoms with van der Waals surface area (Å²) in [5, 5.41) is 13.3. The first-order valence-electron chi connectivity index (χ1n) is 6.28. The molecule has 0 atom stereocenters. The summed E-state index contributed by atoms with van der Waals surface area (Å²) < 4.78 is 1.20. The summed E-state index contributed by atoms with van der Waals surface area (Å²) in [7, 11) is 0. The molecule has 0 saturated heterocycles. The average Bonchev–Trinajstić information content (AvgIpc) is 3.02. The van der Waals surface area contributed by atoms with Crippen LogP contribution in [0.3, 0.4) is 0 Å². The van der Waals surface area contributed by atoms with Gasteiger partial charge in [-0.15, -0.1) is 22.7 Å². The molecule has 0 aliphatic carbocycles. The van der Waals surface area contributed by atoms with E-state index in [2.05, 4.69) is 22.5 Å². The van der Waals surface area contributed by atoms with Gasteiger partial charge in [0.1, 0.15) is 9.88 Å². The minimum atomic E-state index is -0.892. The maximum Gasteiger partial charge on any atom is 0.347 e. The zero-order valence-corrected chi connectivity index (χ0v) is 12.7. The van der Waals surface area contributed by atoms with Gasteiger partial charge in [0.05, 0.1) is 5.69 Å². The van der Waals surface area contributed by atoms with Gasteiger partial charge in [0.2, 0.25) is 0 Å². The van der Waals surface area contributed by atoms with Crippen molar-refractivity contribution in [2.75, 3.05) is 0 Å². The summed E-state index contributed by atoms with van der Waals surface area (Å²) >= 11 is 2.92. The summed E-state index contributed by atoms with van der Waals surface area (Å²) in [4.78, 5) is 16.3. The summed E-state index contributed by atoms with van der Waals surface area (Å²) in [5.41, 5.74) is 1.71. The zero-order chi connectivity index (χ0) is 14.3. The number of hydrogen-bond acceptors (Lipinski definition) is 4. The molecule has 0 bridgehead atoms. The molecular weight excluding hydrogens is 290 g/mol. The molecule has 3 aromatic rings. The van der Waals surface area contributed by atoms with Crippen LogP contribution in [0.4, 0.5) is 0 Å². The zero-order valence-electron chi connectivity index (χ0n) is 11.1. The van der Waals surface area contributed by atoms with Crippen molar-refractivity contribution >= 4 is 38.7 Å². The lowest BCUT2D eigenvalue weighted by Crippen LogP contribution is -2.00. The lowest BCUT2D eigenvalue weighted by molar-refractivity contribution is 0.0700. The van der Waals surface area contributed by atoms with Crippen molar-refractivity contribution in [2.24, 2.45) is 0 Å². The van der Waals surface area contributed by atoms with Crippen molar-refractivity contribution in [3.63, 3.8) is 0 Å². The Morgan fingerprint density at radius 1 is 1.30 bits per heavy atom. The second-order valence-electron chi connectivity index (χ2n) is 4.84. The summed E-state index contributed by atoms with van der Waals surface area (Å²) in [6, 6.07) is 8.12. The maximum absolute atomic E-state index is 11.3. The summed E-state index contributed by atoms with van der Waals surface area (Å²) in [5.74, 6) is -0.784. The lowest BCUT2D eigenvalue weighted by Gasteiger charge is -2.00. The van der Waals surface area contributed by atoms with Gasteiger partial charge >= 0.3 is 5.97 Å². The molecule has 2 aromatic heterocycles. The fourth-order valence-corrected chi connectivity index (χ4v) is 4.24. The second kappa shape index (κ2) is 5.00. The Morgan fingerprint density at radius 2 is 2.05 bits per heavy atom. The van der Waals surface area contributed by atoms with Crippen LogP contribution in [0.25, 0.3) is 20.7 Å². The molecule has 0 amide bonds. The van der Waals surface area contributed by atoms with E-state index in [9.17, 15) is 9.90 Å². The van der Waals surface area contributed by atoms with Crippen molar-refractivity contribution in [1.29, 1.82) is 0 Å². The van der Waals surface area contributed by atoms with Crippen molar-refractivity contribution < 1.29 is 9.90 Å². The van der Waals surface area contributed by atoms with Crippen LogP contribution in [0.1, 0.15) is 35.1 Å². The number of thiazole rings is 1.